The fourth-order valence-electron chi connectivity index (χ4n) is 6.71. The van der Waals surface area contributed by atoms with Gasteiger partial charge in [-0.1, -0.05) is 194 Å². The molecule has 1 unspecified atom stereocenters. The second-order valence-corrected chi connectivity index (χ2v) is 16.8. The quantitative estimate of drug-likeness (QED) is 0.0345. The van der Waals surface area contributed by atoms with E-state index in [9.17, 15) is 34.1 Å². The number of amides is 2. The minimum Gasteiger partial charge on any atom is -0.480 e. The van der Waals surface area contributed by atoms with Gasteiger partial charge >= 0.3 is 13.8 Å². The van der Waals surface area contributed by atoms with Crippen molar-refractivity contribution in [1.82, 2.24) is 4.90 Å². The van der Waals surface area contributed by atoms with Gasteiger partial charge < -0.3 is 20.2 Å². The van der Waals surface area contributed by atoms with Crippen LogP contribution in [0.15, 0.2) is 0 Å². The number of carboxylic acids is 1. The number of phosphoric ester groups is 1. The van der Waals surface area contributed by atoms with Crippen LogP contribution in [0, 0.1) is 0 Å². The number of unbranched alkanes of at least 4 members (excludes halogenated alkanes) is 28. The van der Waals surface area contributed by atoms with E-state index >= 15 is 0 Å². The van der Waals surface area contributed by atoms with Gasteiger partial charge in [0.2, 0.25) is 11.8 Å². The molecule has 0 radical (unpaired) electrons. The van der Waals surface area contributed by atoms with Gasteiger partial charge in [0.1, 0.15) is 6.10 Å². The predicted octanol–water partition coefficient (Wildman–Crippen LogP) is 10.8. The van der Waals surface area contributed by atoms with E-state index < -0.39 is 57.6 Å². The first-order valence-corrected chi connectivity index (χ1v) is 23.6. The summed E-state index contributed by atoms with van der Waals surface area (Å²) in [4.78, 5) is 49.7. The number of aliphatic carboxylic acids is 1. The Morgan fingerprint density at radius 3 is 1.07 bits per heavy atom. The van der Waals surface area contributed by atoms with Crippen LogP contribution < -0.4 is 0 Å². The Morgan fingerprint density at radius 1 is 0.519 bits per heavy atom. The van der Waals surface area contributed by atoms with Gasteiger partial charge in [-0.05, 0) is 12.8 Å². The fraction of sp³-hybridized carbons (Fsp3) is 0.929. The Hall–Kier alpha value is -1.36. The van der Waals surface area contributed by atoms with Gasteiger partial charge in [0, 0.05) is 12.8 Å². The van der Waals surface area contributed by atoms with Gasteiger partial charge in [-0.2, -0.15) is 0 Å². The van der Waals surface area contributed by atoms with Gasteiger partial charge in [-0.15, -0.1) is 0 Å². The van der Waals surface area contributed by atoms with E-state index in [1.54, 1.807) is 0 Å². The zero-order chi connectivity index (χ0) is 40.1. The predicted molar refractivity (Wildman–Crippen MR) is 217 cm³/mol. The molecule has 3 atom stereocenters. The third-order valence-electron chi connectivity index (χ3n) is 10.2. The normalized spacial score (nSPS) is 13.8. The molecule has 0 aromatic heterocycles. The van der Waals surface area contributed by atoms with Crippen LogP contribution in [-0.2, 0) is 28.0 Å². The maximum Gasteiger partial charge on any atom is 0.472 e. The standard InChI is InChI=1S/C42H82NO10P/c1-3-5-7-9-11-13-15-17-19-21-23-25-27-29-31-33-40(46)43(39(42(48)49)37-53-54(50,51)52-36-38(45)35-44)41(47)34-32-30-28-26-24-22-20-18-16-14-12-10-8-6-4-2/h38-39,44-45H,3-37H2,1-2H3,(H,48,49)(H,50,51)/t38-,39+/m1/s1. The molecule has 0 aliphatic heterocycles. The molecule has 0 rings (SSSR count). The summed E-state index contributed by atoms with van der Waals surface area (Å²) in [6.45, 7) is 2.09. The highest BCUT2D eigenvalue weighted by atomic mass is 31.2. The molecule has 0 aromatic rings. The molecular weight excluding hydrogens is 709 g/mol. The highest BCUT2D eigenvalue weighted by molar-refractivity contribution is 7.47. The number of imide groups is 1. The Balaban J connectivity index is 4.74. The second kappa shape index (κ2) is 37.2. The largest absolute Gasteiger partial charge is 0.480 e. The maximum absolute atomic E-state index is 13.4. The molecular formula is C42H82NO10P. The van der Waals surface area contributed by atoms with E-state index in [1.165, 1.54) is 128 Å². The smallest absolute Gasteiger partial charge is 0.472 e. The van der Waals surface area contributed by atoms with Crippen molar-refractivity contribution in [2.75, 3.05) is 19.8 Å². The average molecular weight is 792 g/mol. The van der Waals surface area contributed by atoms with E-state index in [4.69, 9.17) is 9.63 Å². The molecule has 0 spiro atoms. The molecule has 0 aromatic carbocycles. The molecule has 2 amide bonds. The average Bonchev–Trinajstić information content (AvgIpc) is 3.15. The van der Waals surface area contributed by atoms with Gasteiger partial charge in [-0.25, -0.2) is 9.36 Å². The minimum absolute atomic E-state index is 0.0113. The summed E-state index contributed by atoms with van der Waals surface area (Å²) in [6.07, 6.45) is 33.5. The van der Waals surface area contributed by atoms with Gasteiger partial charge in [-0.3, -0.25) is 23.5 Å². The third-order valence-corrected chi connectivity index (χ3v) is 11.1. The topological polar surface area (TPSA) is 171 Å². The lowest BCUT2D eigenvalue weighted by Crippen LogP contribution is -2.50. The molecule has 0 aliphatic carbocycles. The molecule has 12 heteroatoms. The fourth-order valence-corrected chi connectivity index (χ4v) is 7.48. The van der Waals surface area contributed by atoms with Crippen molar-refractivity contribution in [2.45, 2.75) is 231 Å². The first-order chi connectivity index (χ1) is 26.1. The van der Waals surface area contributed by atoms with Gasteiger partial charge in [0.05, 0.1) is 19.8 Å². The van der Waals surface area contributed by atoms with Crippen LogP contribution in [0.1, 0.15) is 219 Å². The van der Waals surface area contributed by atoms with E-state index in [1.807, 2.05) is 0 Å². The molecule has 320 valence electrons. The molecule has 0 saturated heterocycles. The summed E-state index contributed by atoms with van der Waals surface area (Å²) >= 11 is 0. The number of aliphatic hydroxyl groups excluding tert-OH is 2. The van der Waals surface area contributed by atoms with Gasteiger partial charge in [0.15, 0.2) is 6.04 Å². The molecule has 0 saturated carbocycles. The molecule has 0 heterocycles. The van der Waals surface area contributed by atoms with Crippen LogP contribution in [0.25, 0.3) is 0 Å². The molecule has 54 heavy (non-hydrogen) atoms. The molecule has 0 bridgehead atoms. The number of rotatable bonds is 41. The second-order valence-electron chi connectivity index (χ2n) is 15.3. The minimum atomic E-state index is -4.84. The van der Waals surface area contributed by atoms with Crippen LogP contribution in [0.3, 0.4) is 0 Å². The van der Waals surface area contributed by atoms with Crippen molar-refractivity contribution in [2.24, 2.45) is 0 Å². The number of carboxylic acid groups (broad SMARTS) is 1. The highest BCUT2D eigenvalue weighted by Crippen LogP contribution is 2.43. The number of carbonyl (C=O) groups is 3. The number of carbonyl (C=O) groups excluding carboxylic acids is 2. The lowest BCUT2D eigenvalue weighted by molar-refractivity contribution is -0.159. The lowest BCUT2D eigenvalue weighted by atomic mass is 10.0. The van der Waals surface area contributed by atoms with Crippen molar-refractivity contribution in [3.05, 3.63) is 0 Å². The summed E-state index contributed by atoms with van der Waals surface area (Å²) in [5.41, 5.74) is 0. The number of hydrogen-bond acceptors (Lipinski definition) is 8. The number of phosphoric acid groups is 1. The summed E-state index contributed by atoms with van der Waals surface area (Å²) < 4.78 is 21.8. The van der Waals surface area contributed by atoms with Crippen LogP contribution in [0.5, 0.6) is 0 Å². The monoisotopic (exact) mass is 792 g/mol. The zero-order valence-electron chi connectivity index (χ0n) is 34.5. The molecule has 11 nitrogen and oxygen atoms in total. The van der Waals surface area contributed by atoms with Crippen LogP contribution in [-0.4, -0.2) is 74.9 Å². The number of aliphatic hydroxyl groups is 2. The maximum atomic E-state index is 13.4. The molecule has 4 N–H and O–H groups in total. The lowest BCUT2D eigenvalue weighted by Gasteiger charge is -2.28. The zero-order valence-corrected chi connectivity index (χ0v) is 35.4. The van der Waals surface area contributed by atoms with E-state index in [0.29, 0.717) is 17.7 Å². The third kappa shape index (κ3) is 31.8. The molecule has 0 fully saturated rings. The van der Waals surface area contributed by atoms with Crippen molar-refractivity contribution in [3.8, 4) is 0 Å². The Kier molecular flexibility index (Phi) is 36.3. The van der Waals surface area contributed by atoms with Crippen LogP contribution in [0.2, 0.25) is 0 Å². The molecule has 0 aliphatic rings. The Bertz CT molecular complexity index is 906. The van der Waals surface area contributed by atoms with Crippen molar-refractivity contribution >= 4 is 25.6 Å². The first-order valence-electron chi connectivity index (χ1n) is 22.1. The Labute approximate surface area is 329 Å². The SMILES string of the molecule is CCCCCCCCCCCCCCCCCC(=O)N(C(=O)CCCCCCCCCCCCCCCCC)[C@@H](COP(=O)(O)OC[C@H](O)CO)C(=O)O. The van der Waals surface area contributed by atoms with Crippen LogP contribution >= 0.6 is 7.82 Å². The van der Waals surface area contributed by atoms with Crippen molar-refractivity contribution in [3.63, 3.8) is 0 Å². The Morgan fingerprint density at radius 2 is 0.796 bits per heavy atom. The van der Waals surface area contributed by atoms with Crippen LogP contribution in [0.4, 0.5) is 0 Å². The van der Waals surface area contributed by atoms with E-state index in [0.717, 1.165) is 51.4 Å². The van der Waals surface area contributed by atoms with Crippen molar-refractivity contribution < 1.29 is 48.2 Å². The van der Waals surface area contributed by atoms with Gasteiger partial charge in [0.25, 0.3) is 0 Å². The summed E-state index contributed by atoms with van der Waals surface area (Å²) in [7, 11) is -4.84. The van der Waals surface area contributed by atoms with Crippen molar-refractivity contribution in [1.29, 1.82) is 0 Å². The summed E-state index contributed by atoms with van der Waals surface area (Å²) in [5.74, 6) is -2.83. The number of hydrogen-bond donors (Lipinski definition) is 4. The first kappa shape index (κ1) is 52.6. The number of nitrogens with zero attached hydrogens (tertiary/aromatic N) is 1. The van der Waals surface area contributed by atoms with E-state index in [2.05, 4.69) is 18.4 Å². The highest BCUT2D eigenvalue weighted by Gasteiger charge is 2.37. The van der Waals surface area contributed by atoms with E-state index in [-0.39, 0.29) is 12.8 Å². The summed E-state index contributed by atoms with van der Waals surface area (Å²) in [5, 5.41) is 28.3. The summed E-state index contributed by atoms with van der Waals surface area (Å²) in [6, 6.07) is -1.82.